The number of carbonyl (C=O) groups is 1. The molecule has 1 atom stereocenters. The Morgan fingerprint density at radius 2 is 1.95 bits per heavy atom. The third kappa shape index (κ3) is 3.21. The number of benzene rings is 1. The predicted molar refractivity (Wildman–Crippen MR) is 83.0 cm³/mol. The van der Waals surface area contributed by atoms with E-state index in [0.717, 1.165) is 11.3 Å². The van der Waals surface area contributed by atoms with E-state index in [1.165, 1.54) is 11.3 Å². The van der Waals surface area contributed by atoms with Crippen LogP contribution in [-0.2, 0) is 0 Å². The average molecular weight is 314 g/mol. The molecule has 0 aliphatic carbocycles. The summed E-state index contributed by atoms with van der Waals surface area (Å²) in [4.78, 5) is 12.1. The van der Waals surface area contributed by atoms with Crippen LogP contribution in [0.2, 0.25) is 0 Å². The van der Waals surface area contributed by atoms with E-state index in [0.29, 0.717) is 5.56 Å². The smallest absolute Gasteiger partial charge is 0.251 e. The molecule has 3 rings (SSSR count). The van der Waals surface area contributed by atoms with Crippen LogP contribution in [0.3, 0.4) is 0 Å². The summed E-state index contributed by atoms with van der Waals surface area (Å²) in [5.74, 6) is -0.218. The Kier molecular flexibility index (Phi) is 4.27. The van der Waals surface area contributed by atoms with Crippen molar-refractivity contribution in [3.63, 3.8) is 0 Å². The topological polar surface area (TPSA) is 80.0 Å². The van der Waals surface area contributed by atoms with Gasteiger partial charge in [0, 0.05) is 17.8 Å². The van der Waals surface area contributed by atoms with Crippen LogP contribution in [0.25, 0.3) is 5.69 Å². The Balaban J connectivity index is 1.60. The van der Waals surface area contributed by atoms with E-state index < -0.39 is 6.10 Å². The van der Waals surface area contributed by atoms with Gasteiger partial charge in [0.1, 0.15) is 12.7 Å². The van der Waals surface area contributed by atoms with Crippen LogP contribution in [0.1, 0.15) is 22.0 Å². The fourth-order valence-corrected chi connectivity index (χ4v) is 2.70. The first-order chi connectivity index (χ1) is 10.7. The van der Waals surface area contributed by atoms with Crippen LogP contribution in [0.4, 0.5) is 0 Å². The molecule has 1 amide bonds. The number of hydrogen-bond acceptors (Lipinski definition) is 5. The number of hydrogen-bond donors (Lipinski definition) is 2. The highest BCUT2D eigenvalue weighted by Crippen LogP contribution is 2.15. The lowest BCUT2D eigenvalue weighted by Gasteiger charge is -2.11. The van der Waals surface area contributed by atoms with Gasteiger partial charge >= 0.3 is 0 Å². The summed E-state index contributed by atoms with van der Waals surface area (Å²) in [6.07, 6.45) is 2.49. The Morgan fingerprint density at radius 1 is 1.23 bits per heavy atom. The minimum Gasteiger partial charge on any atom is -0.387 e. The van der Waals surface area contributed by atoms with E-state index in [-0.39, 0.29) is 12.5 Å². The number of aliphatic hydroxyl groups excluding tert-OH is 1. The van der Waals surface area contributed by atoms with E-state index in [2.05, 4.69) is 15.5 Å². The third-order valence-electron chi connectivity index (χ3n) is 3.23. The number of aromatic nitrogens is 3. The van der Waals surface area contributed by atoms with Crippen molar-refractivity contribution in [3.8, 4) is 5.69 Å². The Labute approximate surface area is 131 Å². The number of rotatable bonds is 5. The van der Waals surface area contributed by atoms with Crippen LogP contribution in [0.5, 0.6) is 0 Å². The molecule has 3 aromatic rings. The summed E-state index contributed by atoms with van der Waals surface area (Å²) in [7, 11) is 0. The first kappa shape index (κ1) is 14.4. The zero-order chi connectivity index (χ0) is 15.4. The van der Waals surface area contributed by atoms with Crippen molar-refractivity contribution >= 4 is 17.2 Å². The Bertz CT molecular complexity index is 724. The summed E-state index contributed by atoms with van der Waals surface area (Å²) in [5, 5.41) is 23.9. The second-order valence-electron chi connectivity index (χ2n) is 4.70. The van der Waals surface area contributed by atoms with Gasteiger partial charge in [0.25, 0.3) is 5.91 Å². The quantitative estimate of drug-likeness (QED) is 0.752. The molecule has 0 radical (unpaired) electrons. The summed E-state index contributed by atoms with van der Waals surface area (Å²) in [6, 6.07) is 8.92. The number of carbonyl (C=O) groups excluding carboxylic acids is 1. The van der Waals surface area contributed by atoms with Gasteiger partial charge < -0.3 is 10.4 Å². The normalized spacial score (nSPS) is 12.0. The van der Waals surface area contributed by atoms with E-state index in [9.17, 15) is 9.90 Å². The molecule has 0 bridgehead atoms. The third-order valence-corrected chi connectivity index (χ3v) is 3.93. The number of amides is 1. The maximum absolute atomic E-state index is 12.1. The van der Waals surface area contributed by atoms with Crippen LogP contribution in [0, 0.1) is 0 Å². The molecule has 0 aliphatic heterocycles. The molecule has 1 unspecified atom stereocenters. The Morgan fingerprint density at radius 3 is 2.59 bits per heavy atom. The SMILES string of the molecule is O=C(NCC(O)c1ccsc1)c1ccc(-n2cnnc2)cc1. The number of nitrogens with zero attached hydrogens (tertiary/aromatic N) is 3. The van der Waals surface area contributed by atoms with Crippen molar-refractivity contribution in [2.75, 3.05) is 6.54 Å². The van der Waals surface area contributed by atoms with Crippen molar-refractivity contribution in [1.82, 2.24) is 20.1 Å². The predicted octanol–water partition coefficient (Wildman–Crippen LogP) is 1.79. The minimum absolute atomic E-state index is 0.183. The maximum atomic E-state index is 12.1. The molecule has 0 spiro atoms. The lowest BCUT2D eigenvalue weighted by molar-refractivity contribution is 0.0916. The lowest BCUT2D eigenvalue weighted by atomic mass is 10.1. The van der Waals surface area contributed by atoms with Gasteiger partial charge in [0.15, 0.2) is 0 Å². The van der Waals surface area contributed by atoms with Gasteiger partial charge in [-0.1, -0.05) is 0 Å². The molecule has 2 heterocycles. The molecule has 6 nitrogen and oxygen atoms in total. The molecule has 0 fully saturated rings. The molecule has 7 heteroatoms. The highest BCUT2D eigenvalue weighted by Gasteiger charge is 2.11. The van der Waals surface area contributed by atoms with E-state index in [1.807, 2.05) is 29.0 Å². The van der Waals surface area contributed by atoms with Crippen LogP contribution >= 0.6 is 11.3 Å². The molecule has 112 valence electrons. The molecule has 0 saturated carbocycles. The second kappa shape index (κ2) is 6.50. The van der Waals surface area contributed by atoms with Crippen molar-refractivity contribution in [2.45, 2.75) is 6.10 Å². The highest BCUT2D eigenvalue weighted by atomic mass is 32.1. The fourth-order valence-electron chi connectivity index (χ4n) is 1.99. The van der Waals surface area contributed by atoms with E-state index in [4.69, 9.17) is 0 Å². The zero-order valence-electron chi connectivity index (χ0n) is 11.6. The van der Waals surface area contributed by atoms with Gasteiger partial charge in [0.2, 0.25) is 0 Å². The van der Waals surface area contributed by atoms with Crippen LogP contribution in [0.15, 0.2) is 53.7 Å². The van der Waals surface area contributed by atoms with Gasteiger partial charge in [-0.25, -0.2) is 0 Å². The number of aliphatic hydroxyl groups is 1. The first-order valence-electron chi connectivity index (χ1n) is 6.67. The monoisotopic (exact) mass is 314 g/mol. The summed E-state index contributed by atoms with van der Waals surface area (Å²) >= 11 is 1.51. The standard InChI is InChI=1S/C15H14N4O2S/c20-14(12-5-6-22-8-12)7-16-15(21)11-1-3-13(4-2-11)19-9-17-18-10-19/h1-6,8-10,14,20H,7H2,(H,16,21). The van der Waals surface area contributed by atoms with Crippen molar-refractivity contribution < 1.29 is 9.90 Å². The van der Waals surface area contributed by atoms with Crippen LogP contribution in [-0.4, -0.2) is 32.3 Å². The van der Waals surface area contributed by atoms with E-state index >= 15 is 0 Å². The first-order valence-corrected chi connectivity index (χ1v) is 7.62. The average Bonchev–Trinajstić information content (AvgIpc) is 3.25. The maximum Gasteiger partial charge on any atom is 0.251 e. The molecule has 22 heavy (non-hydrogen) atoms. The molecule has 2 aromatic heterocycles. The van der Waals surface area contributed by atoms with Gasteiger partial charge in [-0.15, -0.1) is 10.2 Å². The molecular formula is C15H14N4O2S. The zero-order valence-corrected chi connectivity index (χ0v) is 12.4. The Hall–Kier alpha value is -2.51. The summed E-state index contributed by atoms with van der Waals surface area (Å²) in [6.45, 7) is 0.183. The van der Waals surface area contributed by atoms with Gasteiger partial charge in [-0.05, 0) is 46.7 Å². The number of thiophene rings is 1. The molecular weight excluding hydrogens is 300 g/mol. The van der Waals surface area contributed by atoms with Gasteiger partial charge in [-0.3, -0.25) is 9.36 Å². The van der Waals surface area contributed by atoms with Crippen LogP contribution < -0.4 is 5.32 Å². The van der Waals surface area contributed by atoms with Crippen molar-refractivity contribution in [1.29, 1.82) is 0 Å². The largest absolute Gasteiger partial charge is 0.387 e. The summed E-state index contributed by atoms with van der Waals surface area (Å²) in [5.41, 5.74) is 2.22. The van der Waals surface area contributed by atoms with Gasteiger partial charge in [-0.2, -0.15) is 11.3 Å². The van der Waals surface area contributed by atoms with Crippen molar-refractivity contribution in [2.24, 2.45) is 0 Å². The molecule has 1 aromatic carbocycles. The minimum atomic E-state index is -0.688. The second-order valence-corrected chi connectivity index (χ2v) is 5.48. The molecule has 0 saturated heterocycles. The molecule has 0 aliphatic rings. The fraction of sp³-hybridized carbons (Fsp3) is 0.133. The summed E-state index contributed by atoms with van der Waals surface area (Å²) < 4.78 is 1.75. The highest BCUT2D eigenvalue weighted by molar-refractivity contribution is 7.07. The lowest BCUT2D eigenvalue weighted by Crippen LogP contribution is -2.28. The van der Waals surface area contributed by atoms with E-state index in [1.54, 1.807) is 29.4 Å². The van der Waals surface area contributed by atoms with Gasteiger partial charge in [0.05, 0.1) is 6.10 Å². The van der Waals surface area contributed by atoms with Crippen molar-refractivity contribution in [3.05, 3.63) is 64.9 Å². The molecule has 2 N–H and O–H groups in total. The number of nitrogens with one attached hydrogen (secondary N) is 1.